The molecule has 0 aromatic heterocycles. The summed E-state index contributed by atoms with van der Waals surface area (Å²) in [5.41, 5.74) is 9.15. The van der Waals surface area contributed by atoms with Crippen LogP contribution in [0.5, 0.6) is 5.75 Å². The van der Waals surface area contributed by atoms with Crippen LogP contribution in [0.2, 0.25) is 0 Å². The summed E-state index contributed by atoms with van der Waals surface area (Å²) in [5, 5.41) is 2.79. The molecule has 1 aliphatic rings. The van der Waals surface area contributed by atoms with Crippen molar-refractivity contribution in [1.82, 2.24) is 21.2 Å². The molecule has 0 spiro atoms. The third kappa shape index (κ3) is 8.82. The van der Waals surface area contributed by atoms with Crippen LogP contribution in [-0.2, 0) is 4.84 Å². The maximum absolute atomic E-state index is 12.6. The number of hydroxylamine groups is 1. The van der Waals surface area contributed by atoms with E-state index in [4.69, 9.17) is 21.8 Å². The standard InChI is InChI=1S/C25H33N5O4S/c1-33-22-18-20(27-23(31)19-10-4-2-5-11-19)12-13-21(22)24(32)28-29-25(35)34-26-14-6-9-17-30-15-7-3-8-16-30/h2,4-5,10-13,18,26H,3,6-9,14-17H2,1H3,(H,27,31)(H,28,32)(H,29,35). The van der Waals surface area contributed by atoms with Gasteiger partial charge in [0.2, 0.25) is 0 Å². The molecule has 1 fully saturated rings. The van der Waals surface area contributed by atoms with Gasteiger partial charge in [-0.25, -0.2) is 0 Å². The molecule has 10 heteroatoms. The average molecular weight is 500 g/mol. The number of nitrogens with zero attached hydrogens (tertiary/aromatic N) is 1. The predicted molar refractivity (Wildman–Crippen MR) is 139 cm³/mol. The molecule has 0 unspecified atom stereocenters. The minimum Gasteiger partial charge on any atom is -0.496 e. The van der Waals surface area contributed by atoms with Gasteiger partial charge in [0, 0.05) is 23.9 Å². The molecule has 0 bridgehead atoms. The third-order valence-electron chi connectivity index (χ3n) is 5.63. The summed E-state index contributed by atoms with van der Waals surface area (Å²) >= 11 is 5.08. The number of piperidine rings is 1. The second-order valence-corrected chi connectivity index (χ2v) is 8.58. The van der Waals surface area contributed by atoms with Crippen LogP contribution in [-0.4, -0.2) is 55.2 Å². The highest BCUT2D eigenvalue weighted by atomic mass is 32.1. The van der Waals surface area contributed by atoms with Crippen molar-refractivity contribution in [2.45, 2.75) is 32.1 Å². The largest absolute Gasteiger partial charge is 0.496 e. The third-order valence-corrected chi connectivity index (χ3v) is 5.82. The quantitative estimate of drug-likeness (QED) is 0.224. The van der Waals surface area contributed by atoms with Crippen LogP contribution in [0.15, 0.2) is 48.5 Å². The molecule has 0 saturated carbocycles. The molecule has 2 aromatic carbocycles. The van der Waals surface area contributed by atoms with Gasteiger partial charge in [-0.3, -0.25) is 20.4 Å². The number of hydrazine groups is 1. The summed E-state index contributed by atoms with van der Waals surface area (Å²) in [6.07, 6.45) is 6.00. The fourth-order valence-electron chi connectivity index (χ4n) is 3.78. The molecule has 0 radical (unpaired) electrons. The van der Waals surface area contributed by atoms with E-state index in [1.807, 2.05) is 6.07 Å². The molecule has 3 rings (SSSR count). The Bertz CT molecular complexity index is 983. The van der Waals surface area contributed by atoms with Gasteiger partial charge >= 0.3 is 0 Å². The summed E-state index contributed by atoms with van der Waals surface area (Å²) in [6.45, 7) is 4.17. The average Bonchev–Trinajstić information content (AvgIpc) is 2.90. The Balaban J connectivity index is 1.37. The van der Waals surface area contributed by atoms with Crippen LogP contribution in [0.1, 0.15) is 52.8 Å². The van der Waals surface area contributed by atoms with Crippen molar-refractivity contribution in [2.75, 3.05) is 38.6 Å². The van der Waals surface area contributed by atoms with E-state index in [0.29, 0.717) is 23.5 Å². The highest BCUT2D eigenvalue weighted by Gasteiger charge is 2.15. The van der Waals surface area contributed by atoms with E-state index in [2.05, 4.69) is 26.5 Å². The molecule has 1 heterocycles. The number of likely N-dealkylation sites (tertiary alicyclic amines) is 1. The van der Waals surface area contributed by atoms with Gasteiger partial charge in [-0.15, -0.1) is 0 Å². The van der Waals surface area contributed by atoms with Gasteiger partial charge in [-0.2, -0.15) is 5.48 Å². The summed E-state index contributed by atoms with van der Waals surface area (Å²) in [6, 6.07) is 13.6. The lowest BCUT2D eigenvalue weighted by Crippen LogP contribution is -2.43. The van der Waals surface area contributed by atoms with Crippen molar-refractivity contribution in [3.63, 3.8) is 0 Å². The van der Waals surface area contributed by atoms with Gasteiger partial charge in [0.25, 0.3) is 17.0 Å². The molecule has 1 saturated heterocycles. The minimum absolute atomic E-state index is 0.0000852. The smallest absolute Gasteiger partial charge is 0.296 e. The van der Waals surface area contributed by atoms with E-state index >= 15 is 0 Å². The number of anilines is 1. The zero-order valence-electron chi connectivity index (χ0n) is 20.0. The van der Waals surface area contributed by atoms with Crippen molar-refractivity contribution in [2.24, 2.45) is 0 Å². The first-order chi connectivity index (χ1) is 17.1. The van der Waals surface area contributed by atoms with Crippen LogP contribution < -0.4 is 26.4 Å². The van der Waals surface area contributed by atoms with Gasteiger partial charge < -0.3 is 19.8 Å². The Morgan fingerprint density at radius 2 is 1.74 bits per heavy atom. The molecule has 2 amide bonds. The molecular formula is C25H33N5O4S. The normalized spacial score (nSPS) is 13.5. The summed E-state index contributed by atoms with van der Waals surface area (Å²) in [5.74, 6) is -0.419. The molecule has 0 aliphatic carbocycles. The summed E-state index contributed by atoms with van der Waals surface area (Å²) in [4.78, 5) is 32.7. The second-order valence-electron chi connectivity index (χ2n) is 8.21. The number of amides is 2. The zero-order valence-corrected chi connectivity index (χ0v) is 20.8. The number of rotatable bonds is 10. The van der Waals surface area contributed by atoms with Gasteiger partial charge in [0.15, 0.2) is 0 Å². The van der Waals surface area contributed by atoms with E-state index < -0.39 is 5.91 Å². The lowest BCUT2D eigenvalue weighted by Gasteiger charge is -2.26. The Morgan fingerprint density at radius 3 is 2.49 bits per heavy atom. The van der Waals surface area contributed by atoms with Gasteiger partial charge in [0.05, 0.1) is 12.7 Å². The second kappa shape index (κ2) is 14.2. The topological polar surface area (TPSA) is 104 Å². The molecule has 9 nitrogen and oxygen atoms in total. The first-order valence-electron chi connectivity index (χ1n) is 11.8. The van der Waals surface area contributed by atoms with Crippen LogP contribution in [0.4, 0.5) is 5.69 Å². The van der Waals surface area contributed by atoms with Gasteiger partial charge in [-0.05, 0) is 81.8 Å². The van der Waals surface area contributed by atoms with Gasteiger partial charge in [-0.1, -0.05) is 24.6 Å². The van der Waals surface area contributed by atoms with Crippen molar-refractivity contribution < 1.29 is 19.2 Å². The SMILES string of the molecule is COc1cc(NC(=O)c2ccccc2)ccc1C(=O)NNC(=S)ONCCCCN1CCCCC1. The van der Waals surface area contributed by atoms with E-state index in [1.165, 1.54) is 39.5 Å². The minimum atomic E-state index is -0.463. The Kier molecular flexibility index (Phi) is 10.7. The first kappa shape index (κ1) is 26.4. The molecule has 35 heavy (non-hydrogen) atoms. The monoisotopic (exact) mass is 499 g/mol. The fourth-order valence-corrected chi connectivity index (χ4v) is 3.89. The number of benzene rings is 2. The van der Waals surface area contributed by atoms with Gasteiger partial charge in [0.1, 0.15) is 5.75 Å². The molecule has 1 aliphatic heterocycles. The number of unbranched alkanes of at least 4 members (excludes halogenated alkanes) is 1. The highest BCUT2D eigenvalue weighted by molar-refractivity contribution is 7.80. The maximum atomic E-state index is 12.6. The number of carbonyl (C=O) groups is 2. The highest BCUT2D eigenvalue weighted by Crippen LogP contribution is 2.23. The predicted octanol–water partition coefficient (Wildman–Crippen LogP) is 3.25. The number of hydrogen-bond donors (Lipinski definition) is 4. The number of ether oxygens (including phenoxy) is 1. The van der Waals surface area contributed by atoms with Crippen molar-refractivity contribution in [3.05, 3.63) is 59.7 Å². The first-order valence-corrected chi connectivity index (χ1v) is 12.2. The summed E-state index contributed by atoms with van der Waals surface area (Å²) < 4.78 is 5.33. The molecule has 4 N–H and O–H groups in total. The number of methoxy groups -OCH3 is 1. The van der Waals surface area contributed by atoms with Crippen LogP contribution in [0.3, 0.4) is 0 Å². The van der Waals surface area contributed by atoms with Crippen LogP contribution in [0, 0.1) is 0 Å². The van der Waals surface area contributed by atoms with E-state index in [9.17, 15) is 9.59 Å². The van der Waals surface area contributed by atoms with E-state index in [1.54, 1.807) is 42.5 Å². The van der Waals surface area contributed by atoms with Crippen molar-refractivity contribution >= 4 is 34.9 Å². The fraction of sp³-hybridized carbons (Fsp3) is 0.400. The van der Waals surface area contributed by atoms with Crippen molar-refractivity contribution in [1.29, 1.82) is 0 Å². The Morgan fingerprint density at radius 1 is 0.971 bits per heavy atom. The molecular weight excluding hydrogens is 466 g/mol. The number of nitrogens with one attached hydrogen (secondary N) is 4. The molecule has 188 valence electrons. The Hall–Kier alpha value is -3.21. The van der Waals surface area contributed by atoms with Crippen LogP contribution >= 0.6 is 12.2 Å². The number of thiocarbonyl (C=S) groups is 1. The lowest BCUT2D eigenvalue weighted by molar-refractivity contribution is 0.0929. The zero-order chi connectivity index (χ0) is 24.9. The maximum Gasteiger partial charge on any atom is 0.296 e. The van der Waals surface area contributed by atoms with Crippen LogP contribution in [0.25, 0.3) is 0 Å². The van der Waals surface area contributed by atoms with Crippen molar-refractivity contribution in [3.8, 4) is 5.75 Å². The number of carbonyl (C=O) groups excluding carboxylic acids is 2. The Labute approximate surface area is 211 Å². The molecule has 2 aromatic rings. The molecule has 0 atom stereocenters. The van der Waals surface area contributed by atoms with E-state index in [-0.39, 0.29) is 16.6 Å². The summed E-state index contributed by atoms with van der Waals surface area (Å²) in [7, 11) is 1.45. The number of hydrogen-bond acceptors (Lipinski definition) is 7. The lowest BCUT2D eigenvalue weighted by atomic mass is 10.1. The van der Waals surface area contributed by atoms with E-state index in [0.717, 1.165) is 19.4 Å².